The van der Waals surface area contributed by atoms with Crippen molar-refractivity contribution < 1.29 is 14.3 Å². The van der Waals surface area contributed by atoms with Crippen LogP contribution in [0.1, 0.15) is 48.0 Å². The lowest BCUT2D eigenvalue weighted by molar-refractivity contribution is -0.135. The van der Waals surface area contributed by atoms with Crippen LogP contribution in [0.3, 0.4) is 0 Å². The minimum Gasteiger partial charge on any atom is -0.373 e. The first-order valence-electron chi connectivity index (χ1n) is 10.3. The lowest BCUT2D eigenvalue weighted by Gasteiger charge is -2.41. The van der Waals surface area contributed by atoms with Crippen LogP contribution >= 0.6 is 0 Å². The average molecular weight is 370 g/mol. The Hall–Kier alpha value is -0.690. The number of ether oxygens (including phenoxy) is 2. The Balaban J connectivity index is 1.77. The lowest BCUT2D eigenvalue weighted by atomic mass is 9.99. The van der Waals surface area contributed by atoms with Gasteiger partial charge in [0.2, 0.25) is 5.91 Å². The molecule has 0 aromatic rings. The molecular formula is C20H39N3O3. The zero-order chi connectivity index (χ0) is 19.3. The Kier molecular flexibility index (Phi) is 8.33. The van der Waals surface area contributed by atoms with Gasteiger partial charge in [0, 0.05) is 39.3 Å². The number of rotatable bonds is 7. The SMILES string of the molecule is CC1CN(CCCNC(=O)C(C(C)C)N2CC(C)OC(C)C2)CC(C)O1. The summed E-state index contributed by atoms with van der Waals surface area (Å²) >= 11 is 0. The Morgan fingerprint density at radius 3 is 1.96 bits per heavy atom. The minimum absolute atomic E-state index is 0.0766. The lowest BCUT2D eigenvalue weighted by Crippen LogP contribution is -2.57. The van der Waals surface area contributed by atoms with Gasteiger partial charge < -0.3 is 14.8 Å². The Bertz CT molecular complexity index is 426. The predicted octanol–water partition coefficient (Wildman–Crippen LogP) is 1.74. The number of nitrogens with zero attached hydrogens (tertiary/aromatic N) is 2. The van der Waals surface area contributed by atoms with Crippen LogP contribution in [-0.4, -0.2) is 85.4 Å². The van der Waals surface area contributed by atoms with Crippen LogP contribution in [0.5, 0.6) is 0 Å². The number of hydrogen-bond donors (Lipinski definition) is 1. The van der Waals surface area contributed by atoms with Crippen molar-refractivity contribution in [1.82, 2.24) is 15.1 Å². The quantitative estimate of drug-likeness (QED) is 0.693. The topological polar surface area (TPSA) is 54.0 Å². The van der Waals surface area contributed by atoms with Crippen molar-refractivity contribution in [2.24, 2.45) is 5.92 Å². The zero-order valence-electron chi connectivity index (χ0n) is 17.5. The number of hydrogen-bond acceptors (Lipinski definition) is 5. The van der Waals surface area contributed by atoms with Gasteiger partial charge in [-0.15, -0.1) is 0 Å². The van der Waals surface area contributed by atoms with E-state index >= 15 is 0 Å². The monoisotopic (exact) mass is 369 g/mol. The molecule has 2 fully saturated rings. The van der Waals surface area contributed by atoms with E-state index in [2.05, 4.69) is 56.7 Å². The molecule has 0 bridgehead atoms. The van der Waals surface area contributed by atoms with Gasteiger partial charge in [-0.2, -0.15) is 0 Å². The summed E-state index contributed by atoms with van der Waals surface area (Å²) < 4.78 is 11.6. The Morgan fingerprint density at radius 1 is 0.962 bits per heavy atom. The third-order valence-corrected chi connectivity index (χ3v) is 5.19. The molecule has 6 nitrogen and oxygen atoms in total. The van der Waals surface area contributed by atoms with Gasteiger partial charge in [0.15, 0.2) is 0 Å². The van der Waals surface area contributed by atoms with Crippen molar-refractivity contribution in [2.45, 2.75) is 78.4 Å². The van der Waals surface area contributed by atoms with Gasteiger partial charge >= 0.3 is 0 Å². The second kappa shape index (κ2) is 10.0. The normalized spacial score (nSPS) is 32.6. The Morgan fingerprint density at radius 2 is 1.46 bits per heavy atom. The third-order valence-electron chi connectivity index (χ3n) is 5.19. The predicted molar refractivity (Wildman–Crippen MR) is 104 cm³/mol. The highest BCUT2D eigenvalue weighted by Crippen LogP contribution is 2.18. The van der Waals surface area contributed by atoms with Gasteiger partial charge in [-0.3, -0.25) is 14.6 Å². The van der Waals surface area contributed by atoms with E-state index in [1.807, 2.05) is 0 Å². The third kappa shape index (κ3) is 6.48. The standard InChI is InChI=1S/C20H39N3O3/c1-14(2)19(23-12-17(5)26-18(6)13-23)20(24)21-8-7-9-22-10-15(3)25-16(4)11-22/h14-19H,7-13H2,1-6H3,(H,21,24). The highest BCUT2D eigenvalue weighted by molar-refractivity contribution is 5.82. The van der Waals surface area contributed by atoms with E-state index in [0.717, 1.165) is 45.7 Å². The summed E-state index contributed by atoms with van der Waals surface area (Å²) in [4.78, 5) is 17.6. The molecule has 0 radical (unpaired) electrons. The second-order valence-corrected chi connectivity index (χ2v) is 8.56. The second-order valence-electron chi connectivity index (χ2n) is 8.56. The largest absolute Gasteiger partial charge is 0.373 e. The fourth-order valence-corrected chi connectivity index (χ4v) is 4.42. The molecule has 2 aliphatic rings. The van der Waals surface area contributed by atoms with E-state index < -0.39 is 0 Å². The molecule has 5 atom stereocenters. The van der Waals surface area contributed by atoms with Crippen LogP contribution in [0.2, 0.25) is 0 Å². The highest BCUT2D eigenvalue weighted by Gasteiger charge is 2.34. The fraction of sp³-hybridized carbons (Fsp3) is 0.950. The maximum absolute atomic E-state index is 12.8. The molecule has 0 aliphatic carbocycles. The average Bonchev–Trinajstić information content (AvgIpc) is 2.49. The molecule has 1 N–H and O–H groups in total. The van der Waals surface area contributed by atoms with Gasteiger partial charge in [-0.1, -0.05) is 13.8 Å². The van der Waals surface area contributed by atoms with Crippen LogP contribution in [0.15, 0.2) is 0 Å². The molecule has 2 heterocycles. The first kappa shape index (κ1) is 21.6. The first-order chi connectivity index (χ1) is 12.3. The Labute approximate surface area is 159 Å². The van der Waals surface area contributed by atoms with Crippen LogP contribution < -0.4 is 5.32 Å². The van der Waals surface area contributed by atoms with Crippen molar-refractivity contribution in [2.75, 3.05) is 39.3 Å². The van der Waals surface area contributed by atoms with E-state index in [1.54, 1.807) is 0 Å². The van der Waals surface area contributed by atoms with Gasteiger partial charge in [0.25, 0.3) is 0 Å². The van der Waals surface area contributed by atoms with Gasteiger partial charge in [-0.25, -0.2) is 0 Å². The molecule has 2 rings (SSSR count). The number of carbonyl (C=O) groups excluding carboxylic acids is 1. The molecule has 6 heteroatoms. The van der Waals surface area contributed by atoms with Crippen LogP contribution in [0.25, 0.3) is 0 Å². The zero-order valence-corrected chi connectivity index (χ0v) is 17.5. The van der Waals surface area contributed by atoms with Crippen molar-refractivity contribution in [3.63, 3.8) is 0 Å². The van der Waals surface area contributed by atoms with E-state index in [1.165, 1.54) is 0 Å². The van der Waals surface area contributed by atoms with Gasteiger partial charge in [-0.05, 0) is 40.0 Å². The van der Waals surface area contributed by atoms with Gasteiger partial charge in [0.05, 0.1) is 30.5 Å². The molecule has 152 valence electrons. The fourth-order valence-electron chi connectivity index (χ4n) is 4.42. The summed E-state index contributed by atoms with van der Waals surface area (Å²) in [5.41, 5.74) is 0. The molecule has 1 amide bonds. The van der Waals surface area contributed by atoms with Crippen molar-refractivity contribution in [3.05, 3.63) is 0 Å². The number of morpholine rings is 2. The van der Waals surface area contributed by atoms with E-state index in [-0.39, 0.29) is 30.1 Å². The van der Waals surface area contributed by atoms with Crippen LogP contribution in [0, 0.1) is 5.92 Å². The number of amides is 1. The summed E-state index contributed by atoms with van der Waals surface area (Å²) in [6.07, 6.45) is 1.93. The van der Waals surface area contributed by atoms with Crippen LogP contribution in [0.4, 0.5) is 0 Å². The maximum atomic E-state index is 12.8. The molecule has 0 aromatic heterocycles. The van der Waals surface area contributed by atoms with Gasteiger partial charge in [0.1, 0.15) is 0 Å². The summed E-state index contributed by atoms with van der Waals surface area (Å²) in [7, 11) is 0. The molecule has 2 saturated heterocycles. The summed E-state index contributed by atoms with van der Waals surface area (Å²) in [5, 5.41) is 3.17. The first-order valence-corrected chi connectivity index (χ1v) is 10.3. The molecule has 2 aliphatic heterocycles. The number of carbonyl (C=O) groups is 1. The highest BCUT2D eigenvalue weighted by atomic mass is 16.5. The molecular weight excluding hydrogens is 330 g/mol. The number of nitrogens with one attached hydrogen (secondary N) is 1. The minimum atomic E-state index is -0.0766. The molecule has 26 heavy (non-hydrogen) atoms. The summed E-state index contributed by atoms with van der Waals surface area (Å²) in [5.74, 6) is 0.443. The molecule has 0 spiro atoms. The smallest absolute Gasteiger partial charge is 0.237 e. The molecule has 0 aromatic carbocycles. The summed E-state index contributed by atoms with van der Waals surface area (Å²) in [6.45, 7) is 18.0. The van der Waals surface area contributed by atoms with E-state index in [9.17, 15) is 4.79 Å². The van der Waals surface area contributed by atoms with E-state index in [0.29, 0.717) is 12.2 Å². The maximum Gasteiger partial charge on any atom is 0.237 e. The van der Waals surface area contributed by atoms with Crippen molar-refractivity contribution in [1.29, 1.82) is 0 Å². The van der Waals surface area contributed by atoms with Crippen molar-refractivity contribution >= 4 is 5.91 Å². The van der Waals surface area contributed by atoms with Crippen molar-refractivity contribution in [3.8, 4) is 0 Å². The van der Waals surface area contributed by atoms with E-state index in [4.69, 9.17) is 9.47 Å². The summed E-state index contributed by atoms with van der Waals surface area (Å²) in [6, 6.07) is -0.0766. The molecule has 0 saturated carbocycles. The van der Waals surface area contributed by atoms with Crippen LogP contribution in [-0.2, 0) is 14.3 Å². The molecule has 5 unspecified atom stereocenters.